The topological polar surface area (TPSA) is 0 Å². The van der Waals surface area contributed by atoms with Crippen LogP contribution in [0.4, 0.5) is 0 Å². The molecule has 1 aliphatic rings. The Kier molecular flexibility index (Phi) is 14.3. The van der Waals surface area contributed by atoms with Gasteiger partial charge >= 0.3 is 42.3 Å². The summed E-state index contributed by atoms with van der Waals surface area (Å²) in [5.41, 5.74) is 6.03. The molecule has 0 atom stereocenters. The molecule has 0 amide bonds. The second-order valence-electron chi connectivity index (χ2n) is 4.54. The van der Waals surface area contributed by atoms with Crippen molar-refractivity contribution in [3.8, 4) is 0 Å². The quantitative estimate of drug-likeness (QED) is 0.351. The van der Waals surface area contributed by atoms with Crippen LogP contribution in [0.5, 0.6) is 0 Å². The van der Waals surface area contributed by atoms with E-state index in [0.29, 0.717) is 5.25 Å². The molecule has 1 rings (SSSR count). The predicted molar refractivity (Wildman–Crippen MR) is 90.3 cm³/mol. The number of allylic oxidation sites excluding steroid dienone is 4. The summed E-state index contributed by atoms with van der Waals surface area (Å²) < 4.78 is 0. The van der Waals surface area contributed by atoms with Crippen LogP contribution in [0.2, 0.25) is 0 Å². The van der Waals surface area contributed by atoms with Crippen molar-refractivity contribution >= 4 is 41.2 Å². The molecule has 0 saturated heterocycles. The first-order valence-electron chi connectivity index (χ1n) is 6.13. The summed E-state index contributed by atoms with van der Waals surface area (Å²) >= 11 is 2.57. The standard InChI is InChI=1S/C11H17.C3H8S.3ClH.Re/c1-6-11-9(4)7(2)8(3)10(11)5;1-3(2)4;;;;/h6H2,1-5H3;3-4H,1-2H3;3*1H;/q;;;;;+3/p-4. The van der Waals surface area contributed by atoms with Gasteiger partial charge in [0.1, 0.15) is 0 Å². The average Bonchev–Trinajstić information content (AvgIpc) is 2.42. The Balaban J connectivity index is 0. The van der Waals surface area contributed by atoms with E-state index in [0.717, 1.165) is 0 Å². The third-order valence-electron chi connectivity index (χ3n) is 2.95. The number of hydrogen-bond acceptors (Lipinski definition) is 1. The SMILES string of the molecule is CC(C)[S-].CCC1=C(C)C(C)=C(C)[C]1C.[Cl][Re]([Cl])[Cl]. The van der Waals surface area contributed by atoms with Crippen LogP contribution in [0.15, 0.2) is 22.3 Å². The Labute approximate surface area is 142 Å². The van der Waals surface area contributed by atoms with Gasteiger partial charge in [0.15, 0.2) is 0 Å². The summed E-state index contributed by atoms with van der Waals surface area (Å²) in [6, 6.07) is 0. The van der Waals surface area contributed by atoms with E-state index in [1.54, 1.807) is 5.57 Å². The van der Waals surface area contributed by atoms with Crippen molar-refractivity contribution in [1.29, 1.82) is 0 Å². The van der Waals surface area contributed by atoms with Crippen molar-refractivity contribution < 1.29 is 13.7 Å². The molecule has 0 heterocycles. The van der Waals surface area contributed by atoms with E-state index >= 15 is 0 Å². The molecule has 5 heteroatoms. The van der Waals surface area contributed by atoms with Crippen LogP contribution in [-0.2, 0) is 26.3 Å². The molecule has 1 aliphatic carbocycles. The molecule has 0 saturated carbocycles. The molecule has 0 aromatic heterocycles. The van der Waals surface area contributed by atoms with Crippen LogP contribution in [0.25, 0.3) is 0 Å². The summed E-state index contributed by atoms with van der Waals surface area (Å²) in [6.45, 7) is 15.1. The monoisotopic (exact) mass is 516 g/mol. The van der Waals surface area contributed by atoms with E-state index in [1.165, 1.54) is 29.1 Å². The molecule has 0 aromatic rings. The molecule has 0 N–H and O–H groups in total. The number of hydrogen-bond donors (Lipinski definition) is 0. The van der Waals surface area contributed by atoms with Gasteiger partial charge in [-0.3, -0.25) is 0 Å². The van der Waals surface area contributed by atoms with Crippen LogP contribution < -0.4 is 0 Å². The zero-order valence-electron chi connectivity index (χ0n) is 12.7. The fourth-order valence-corrected chi connectivity index (χ4v) is 1.83. The minimum atomic E-state index is -2.05. The van der Waals surface area contributed by atoms with Crippen LogP contribution in [0, 0.1) is 5.92 Å². The predicted octanol–water partition coefficient (Wildman–Crippen LogP) is 6.66. The van der Waals surface area contributed by atoms with E-state index in [-0.39, 0.29) is 0 Å². The van der Waals surface area contributed by atoms with Crippen molar-refractivity contribution in [3.63, 3.8) is 0 Å². The van der Waals surface area contributed by atoms with Gasteiger partial charge in [0.2, 0.25) is 0 Å². The molecule has 0 aromatic carbocycles. The molecule has 0 fully saturated rings. The first kappa shape index (κ1) is 22.6. The van der Waals surface area contributed by atoms with E-state index in [1.807, 2.05) is 13.8 Å². The Morgan fingerprint density at radius 3 is 1.37 bits per heavy atom. The maximum absolute atomic E-state index is 4.99. The zero-order chi connectivity index (χ0) is 15.7. The van der Waals surface area contributed by atoms with Gasteiger partial charge in [0.05, 0.1) is 0 Å². The molecule has 115 valence electrons. The van der Waals surface area contributed by atoms with Gasteiger partial charge in [-0.2, -0.15) is 5.25 Å². The Morgan fingerprint density at radius 2 is 1.26 bits per heavy atom. The van der Waals surface area contributed by atoms with Gasteiger partial charge in [-0.25, -0.2) is 0 Å². The van der Waals surface area contributed by atoms with Crippen molar-refractivity contribution in [2.45, 2.75) is 60.1 Å². The van der Waals surface area contributed by atoms with Gasteiger partial charge < -0.3 is 12.6 Å². The van der Waals surface area contributed by atoms with Crippen LogP contribution in [0.1, 0.15) is 54.9 Å². The average molecular weight is 517 g/mol. The second kappa shape index (κ2) is 12.0. The van der Waals surface area contributed by atoms with Crippen LogP contribution in [0.3, 0.4) is 0 Å². The number of rotatable bonds is 1. The van der Waals surface area contributed by atoms with Crippen molar-refractivity contribution in [2.75, 3.05) is 0 Å². The van der Waals surface area contributed by atoms with E-state index in [2.05, 4.69) is 47.2 Å². The van der Waals surface area contributed by atoms with Gasteiger partial charge in [0.25, 0.3) is 0 Å². The summed E-state index contributed by atoms with van der Waals surface area (Å²) in [4.78, 5) is 0. The fourth-order valence-electron chi connectivity index (χ4n) is 1.83. The molecule has 0 aliphatic heterocycles. The minimum absolute atomic E-state index is 0.417. The summed E-state index contributed by atoms with van der Waals surface area (Å²) in [7, 11) is 15.0. The summed E-state index contributed by atoms with van der Waals surface area (Å²) in [5.74, 6) is 1.50. The van der Waals surface area contributed by atoms with Crippen molar-refractivity contribution in [3.05, 3.63) is 28.2 Å². The van der Waals surface area contributed by atoms with E-state index in [9.17, 15) is 0 Å². The molecule has 1 radical (unpaired) electrons. The first-order valence-corrected chi connectivity index (χ1v) is 16.7. The number of halogens is 3. The fraction of sp³-hybridized carbons (Fsp3) is 0.643. The third kappa shape index (κ3) is 10.7. The summed E-state index contributed by atoms with van der Waals surface area (Å²) in [6.07, 6.45) is 1.17. The molecule has 0 bridgehead atoms. The van der Waals surface area contributed by atoms with Crippen LogP contribution in [-0.4, -0.2) is 5.25 Å². The van der Waals surface area contributed by atoms with Crippen LogP contribution >= 0.6 is 28.6 Å². The third-order valence-corrected chi connectivity index (χ3v) is 2.95. The Bertz CT molecular complexity index is 311. The molecule has 0 nitrogen and oxygen atoms in total. The Hall–Kier alpha value is 1.36. The Morgan fingerprint density at radius 1 is 0.947 bits per heavy atom. The van der Waals surface area contributed by atoms with Gasteiger partial charge in [-0.15, -0.1) is 0 Å². The maximum atomic E-state index is 4.99. The first-order chi connectivity index (χ1) is 8.56. The van der Waals surface area contributed by atoms with E-state index < -0.39 is 13.7 Å². The van der Waals surface area contributed by atoms with Gasteiger partial charge in [-0.05, 0) is 38.3 Å². The molecule has 0 unspecified atom stereocenters. The van der Waals surface area contributed by atoms with Crippen molar-refractivity contribution in [2.24, 2.45) is 0 Å². The second-order valence-corrected chi connectivity index (χ2v) is 17.3. The zero-order valence-corrected chi connectivity index (χ0v) is 18.5. The molecular formula is C14H24Cl3ReS-. The molecule has 0 spiro atoms. The summed E-state index contributed by atoms with van der Waals surface area (Å²) in [5, 5.41) is 0.417. The molecular weight excluding hydrogens is 493 g/mol. The molecule has 19 heavy (non-hydrogen) atoms. The van der Waals surface area contributed by atoms with Crippen molar-refractivity contribution in [1.82, 2.24) is 0 Å². The van der Waals surface area contributed by atoms with Gasteiger partial charge in [0, 0.05) is 5.92 Å². The normalized spacial score (nSPS) is 16.1. The van der Waals surface area contributed by atoms with E-state index in [4.69, 9.17) is 28.6 Å². The van der Waals surface area contributed by atoms with Gasteiger partial charge in [-0.1, -0.05) is 38.8 Å².